The average molecular weight is 315 g/mol. The van der Waals surface area contributed by atoms with Crippen LogP contribution in [0, 0.1) is 5.92 Å². The number of carbonyl (C=O) groups is 2. The second-order valence-corrected chi connectivity index (χ2v) is 6.92. The Bertz CT molecular complexity index is 328. The molecule has 0 radical (unpaired) electrons. The molecule has 22 heavy (non-hydrogen) atoms. The number of rotatable bonds is 10. The van der Waals surface area contributed by atoms with Gasteiger partial charge in [0.1, 0.15) is 11.6 Å². The van der Waals surface area contributed by atoms with E-state index in [1.165, 1.54) is 0 Å². The molecule has 0 aromatic rings. The standard InChI is InChI=1S/C17H33NO4/c1-6-8-10-13(11-9-7-2)12-14(15(19)20)18-16(21)22-17(3,4)5/h13-14H,6-12H2,1-5H3,(H,18,21)(H,19,20). The average Bonchev–Trinajstić information content (AvgIpc) is 2.38. The second kappa shape index (κ2) is 10.5. The van der Waals surface area contributed by atoms with E-state index < -0.39 is 23.7 Å². The molecule has 2 N–H and O–H groups in total. The van der Waals surface area contributed by atoms with Gasteiger partial charge < -0.3 is 15.2 Å². The van der Waals surface area contributed by atoms with E-state index in [1.54, 1.807) is 20.8 Å². The summed E-state index contributed by atoms with van der Waals surface area (Å²) < 4.78 is 5.15. The number of aliphatic carboxylic acids is 1. The Labute approximate surface area is 134 Å². The fraction of sp³-hybridized carbons (Fsp3) is 0.882. The van der Waals surface area contributed by atoms with Crippen LogP contribution < -0.4 is 5.32 Å². The molecule has 0 rings (SSSR count). The van der Waals surface area contributed by atoms with Crippen molar-refractivity contribution in [2.24, 2.45) is 5.92 Å². The van der Waals surface area contributed by atoms with E-state index in [1.807, 2.05) is 0 Å². The quantitative estimate of drug-likeness (QED) is 0.628. The number of nitrogens with one attached hydrogen (secondary N) is 1. The number of carbonyl (C=O) groups excluding carboxylic acids is 1. The molecule has 1 atom stereocenters. The van der Waals surface area contributed by atoms with Crippen LogP contribution in [0.5, 0.6) is 0 Å². The van der Waals surface area contributed by atoms with Gasteiger partial charge in [0.15, 0.2) is 0 Å². The van der Waals surface area contributed by atoms with Gasteiger partial charge in [-0.05, 0) is 33.1 Å². The van der Waals surface area contributed by atoms with Crippen LogP contribution in [-0.2, 0) is 9.53 Å². The predicted molar refractivity (Wildman–Crippen MR) is 88.0 cm³/mol. The highest BCUT2D eigenvalue weighted by atomic mass is 16.6. The molecular weight excluding hydrogens is 282 g/mol. The van der Waals surface area contributed by atoms with Gasteiger partial charge in [0.2, 0.25) is 0 Å². The summed E-state index contributed by atoms with van der Waals surface area (Å²) in [7, 11) is 0. The fourth-order valence-corrected chi connectivity index (χ4v) is 2.37. The molecule has 0 aromatic carbocycles. The summed E-state index contributed by atoms with van der Waals surface area (Å²) in [6.07, 6.45) is 6.20. The van der Waals surface area contributed by atoms with Crippen molar-refractivity contribution in [2.75, 3.05) is 0 Å². The first-order valence-electron chi connectivity index (χ1n) is 8.41. The van der Waals surface area contributed by atoms with Gasteiger partial charge in [0.05, 0.1) is 0 Å². The molecule has 0 saturated carbocycles. The second-order valence-electron chi connectivity index (χ2n) is 6.92. The highest BCUT2D eigenvalue weighted by molar-refractivity contribution is 5.80. The third-order valence-corrected chi connectivity index (χ3v) is 3.49. The van der Waals surface area contributed by atoms with E-state index in [9.17, 15) is 14.7 Å². The van der Waals surface area contributed by atoms with E-state index in [0.29, 0.717) is 12.3 Å². The summed E-state index contributed by atoms with van der Waals surface area (Å²) in [6.45, 7) is 9.53. The first kappa shape index (κ1) is 20.7. The zero-order valence-corrected chi connectivity index (χ0v) is 14.8. The zero-order valence-electron chi connectivity index (χ0n) is 14.8. The Kier molecular flexibility index (Phi) is 9.86. The van der Waals surface area contributed by atoms with Crippen LogP contribution in [0.1, 0.15) is 79.6 Å². The normalized spacial score (nSPS) is 13.0. The van der Waals surface area contributed by atoms with Crippen LogP contribution >= 0.6 is 0 Å². The molecule has 0 fully saturated rings. The third kappa shape index (κ3) is 10.5. The lowest BCUT2D eigenvalue weighted by atomic mass is 9.90. The predicted octanol–water partition coefficient (Wildman–Crippen LogP) is 4.35. The number of carboxylic acid groups (broad SMARTS) is 1. The van der Waals surface area contributed by atoms with Crippen molar-refractivity contribution in [3.8, 4) is 0 Å². The minimum absolute atomic E-state index is 0.330. The number of ether oxygens (including phenoxy) is 1. The first-order valence-corrected chi connectivity index (χ1v) is 8.41. The molecule has 5 heteroatoms. The molecule has 0 heterocycles. The molecule has 0 spiro atoms. The zero-order chi connectivity index (χ0) is 17.2. The van der Waals surface area contributed by atoms with Crippen LogP contribution in [-0.4, -0.2) is 28.8 Å². The number of hydrogen-bond acceptors (Lipinski definition) is 3. The Morgan fingerprint density at radius 2 is 1.59 bits per heavy atom. The Morgan fingerprint density at radius 1 is 1.09 bits per heavy atom. The highest BCUT2D eigenvalue weighted by Gasteiger charge is 2.26. The van der Waals surface area contributed by atoms with Crippen LogP contribution in [0.2, 0.25) is 0 Å². The van der Waals surface area contributed by atoms with E-state index in [4.69, 9.17) is 4.74 Å². The van der Waals surface area contributed by atoms with Gasteiger partial charge in [-0.1, -0.05) is 52.4 Å². The lowest BCUT2D eigenvalue weighted by Gasteiger charge is -2.24. The largest absolute Gasteiger partial charge is 0.480 e. The Hall–Kier alpha value is -1.26. The smallest absolute Gasteiger partial charge is 0.408 e. The monoisotopic (exact) mass is 315 g/mol. The summed E-state index contributed by atoms with van der Waals surface area (Å²) in [5.74, 6) is -0.667. The van der Waals surface area contributed by atoms with Crippen LogP contribution in [0.3, 0.4) is 0 Å². The molecule has 0 bridgehead atoms. The summed E-state index contributed by atoms with van der Waals surface area (Å²) in [5, 5.41) is 11.8. The maximum Gasteiger partial charge on any atom is 0.408 e. The molecular formula is C17H33NO4. The van der Waals surface area contributed by atoms with E-state index in [0.717, 1.165) is 38.5 Å². The number of carboxylic acids is 1. The van der Waals surface area contributed by atoms with Crippen molar-refractivity contribution in [3.05, 3.63) is 0 Å². The van der Waals surface area contributed by atoms with Crippen molar-refractivity contribution >= 4 is 12.1 Å². The number of unbranched alkanes of at least 4 members (excludes halogenated alkanes) is 2. The lowest BCUT2D eigenvalue weighted by molar-refractivity contribution is -0.140. The molecule has 0 aliphatic heterocycles. The van der Waals surface area contributed by atoms with Crippen LogP contribution in [0.15, 0.2) is 0 Å². The summed E-state index contributed by atoms with van der Waals surface area (Å²) in [4.78, 5) is 23.2. The molecule has 130 valence electrons. The topological polar surface area (TPSA) is 75.6 Å². The summed E-state index contributed by atoms with van der Waals surface area (Å²) in [6, 6.07) is -0.881. The van der Waals surface area contributed by atoms with Gasteiger partial charge in [0.25, 0.3) is 0 Å². The van der Waals surface area contributed by atoms with E-state index in [-0.39, 0.29) is 0 Å². The van der Waals surface area contributed by atoms with Crippen molar-refractivity contribution in [1.82, 2.24) is 5.32 Å². The maximum absolute atomic E-state index is 11.8. The number of hydrogen-bond donors (Lipinski definition) is 2. The first-order chi connectivity index (χ1) is 10.2. The SMILES string of the molecule is CCCCC(CCCC)CC(NC(=O)OC(C)(C)C)C(=O)O. The minimum Gasteiger partial charge on any atom is -0.480 e. The van der Waals surface area contributed by atoms with Gasteiger partial charge in [0, 0.05) is 0 Å². The molecule has 0 aromatic heterocycles. The fourth-order valence-electron chi connectivity index (χ4n) is 2.37. The molecule has 0 aliphatic carbocycles. The van der Waals surface area contributed by atoms with Crippen molar-refractivity contribution in [3.63, 3.8) is 0 Å². The third-order valence-electron chi connectivity index (χ3n) is 3.49. The summed E-state index contributed by atoms with van der Waals surface area (Å²) in [5.41, 5.74) is -0.628. The number of alkyl carbamates (subject to hydrolysis) is 1. The van der Waals surface area contributed by atoms with Gasteiger partial charge >= 0.3 is 12.1 Å². The van der Waals surface area contributed by atoms with Crippen LogP contribution in [0.4, 0.5) is 4.79 Å². The molecule has 0 aliphatic rings. The molecule has 5 nitrogen and oxygen atoms in total. The maximum atomic E-state index is 11.8. The van der Waals surface area contributed by atoms with Gasteiger partial charge in [-0.2, -0.15) is 0 Å². The van der Waals surface area contributed by atoms with Gasteiger partial charge in [-0.3, -0.25) is 0 Å². The lowest BCUT2D eigenvalue weighted by Crippen LogP contribution is -2.44. The Morgan fingerprint density at radius 3 is 1.95 bits per heavy atom. The Balaban J connectivity index is 4.62. The summed E-state index contributed by atoms with van der Waals surface area (Å²) >= 11 is 0. The highest BCUT2D eigenvalue weighted by Crippen LogP contribution is 2.22. The van der Waals surface area contributed by atoms with E-state index in [2.05, 4.69) is 19.2 Å². The molecule has 0 saturated heterocycles. The van der Waals surface area contributed by atoms with Crippen LogP contribution in [0.25, 0.3) is 0 Å². The van der Waals surface area contributed by atoms with Gasteiger partial charge in [-0.25, -0.2) is 9.59 Å². The van der Waals surface area contributed by atoms with Crippen molar-refractivity contribution in [1.29, 1.82) is 0 Å². The van der Waals surface area contributed by atoms with Gasteiger partial charge in [-0.15, -0.1) is 0 Å². The van der Waals surface area contributed by atoms with Crippen molar-refractivity contribution < 1.29 is 19.4 Å². The van der Waals surface area contributed by atoms with Crippen molar-refractivity contribution in [2.45, 2.75) is 91.2 Å². The molecule has 1 unspecified atom stereocenters. The number of amides is 1. The molecule has 1 amide bonds. The van der Waals surface area contributed by atoms with E-state index >= 15 is 0 Å². The minimum atomic E-state index is -0.996.